The molecule has 0 fully saturated rings. The molecular weight excluding hydrogens is 299 g/mol. The summed E-state index contributed by atoms with van der Waals surface area (Å²) in [6.45, 7) is 2.49. The first-order valence-corrected chi connectivity index (χ1v) is 7.62. The monoisotopic (exact) mass is 312 g/mol. The van der Waals surface area contributed by atoms with Crippen molar-refractivity contribution < 1.29 is 4.39 Å². The van der Waals surface area contributed by atoms with Gasteiger partial charge in [-0.05, 0) is 42.7 Å². The Bertz CT molecular complexity index is 852. The molecule has 0 saturated carbocycles. The van der Waals surface area contributed by atoms with Gasteiger partial charge in [0.15, 0.2) is 0 Å². The van der Waals surface area contributed by atoms with Crippen molar-refractivity contribution in [2.75, 3.05) is 11.9 Å². The summed E-state index contributed by atoms with van der Waals surface area (Å²) in [5, 5.41) is 13.3. The maximum absolute atomic E-state index is 13.7. The number of halogens is 1. The second kappa shape index (κ2) is 6.08. The highest BCUT2D eigenvalue weighted by Gasteiger charge is 2.14. The van der Waals surface area contributed by atoms with Crippen LogP contribution in [0.15, 0.2) is 30.7 Å². The van der Waals surface area contributed by atoms with E-state index in [4.69, 9.17) is 0 Å². The van der Waals surface area contributed by atoms with Crippen molar-refractivity contribution in [1.82, 2.24) is 9.97 Å². The SMILES string of the molecule is Cc1cc(F)cc2c(CCNc3ccncn3)c(C#N)sc12. The van der Waals surface area contributed by atoms with E-state index in [1.54, 1.807) is 12.3 Å². The summed E-state index contributed by atoms with van der Waals surface area (Å²) < 4.78 is 14.6. The molecule has 1 aromatic carbocycles. The summed E-state index contributed by atoms with van der Waals surface area (Å²) in [6.07, 6.45) is 3.77. The minimum absolute atomic E-state index is 0.266. The molecule has 2 aromatic heterocycles. The van der Waals surface area contributed by atoms with E-state index in [0.717, 1.165) is 27.0 Å². The third kappa shape index (κ3) is 2.76. The number of aryl methyl sites for hydroxylation is 1. The van der Waals surface area contributed by atoms with Crippen LogP contribution in [0, 0.1) is 24.1 Å². The zero-order valence-electron chi connectivity index (χ0n) is 11.9. The van der Waals surface area contributed by atoms with Gasteiger partial charge in [-0.25, -0.2) is 14.4 Å². The molecule has 0 saturated heterocycles. The van der Waals surface area contributed by atoms with E-state index < -0.39 is 0 Å². The lowest BCUT2D eigenvalue weighted by Crippen LogP contribution is -2.06. The molecule has 110 valence electrons. The zero-order chi connectivity index (χ0) is 15.5. The van der Waals surface area contributed by atoms with E-state index in [0.29, 0.717) is 17.8 Å². The number of aromatic nitrogens is 2. The molecule has 2 heterocycles. The molecule has 3 rings (SSSR count). The van der Waals surface area contributed by atoms with Crippen LogP contribution in [0.2, 0.25) is 0 Å². The number of anilines is 1. The van der Waals surface area contributed by atoms with Gasteiger partial charge in [0.2, 0.25) is 0 Å². The molecule has 0 bridgehead atoms. The van der Waals surface area contributed by atoms with Gasteiger partial charge in [-0.2, -0.15) is 5.26 Å². The van der Waals surface area contributed by atoms with Gasteiger partial charge in [0.05, 0.1) is 0 Å². The van der Waals surface area contributed by atoms with Crippen molar-refractivity contribution in [3.63, 3.8) is 0 Å². The Morgan fingerprint density at radius 1 is 1.41 bits per heavy atom. The first-order valence-electron chi connectivity index (χ1n) is 6.80. The van der Waals surface area contributed by atoms with Gasteiger partial charge in [-0.1, -0.05) is 0 Å². The van der Waals surface area contributed by atoms with E-state index in [9.17, 15) is 9.65 Å². The molecular formula is C16H13FN4S. The predicted octanol–water partition coefficient (Wildman–Crippen LogP) is 3.67. The van der Waals surface area contributed by atoms with Crippen molar-refractivity contribution in [1.29, 1.82) is 5.26 Å². The lowest BCUT2D eigenvalue weighted by Gasteiger charge is -2.05. The van der Waals surface area contributed by atoms with Crippen molar-refractivity contribution in [2.24, 2.45) is 0 Å². The Morgan fingerprint density at radius 2 is 2.27 bits per heavy atom. The fraction of sp³-hybridized carbons (Fsp3) is 0.188. The number of nitrogens with zero attached hydrogens (tertiary/aromatic N) is 3. The topological polar surface area (TPSA) is 61.6 Å². The number of hydrogen-bond donors (Lipinski definition) is 1. The molecule has 4 nitrogen and oxygen atoms in total. The van der Waals surface area contributed by atoms with Crippen LogP contribution in [-0.4, -0.2) is 16.5 Å². The van der Waals surface area contributed by atoms with Gasteiger partial charge in [0.25, 0.3) is 0 Å². The number of nitrogens with one attached hydrogen (secondary N) is 1. The van der Waals surface area contributed by atoms with Gasteiger partial charge in [0.1, 0.15) is 28.9 Å². The Labute approximate surface area is 131 Å². The highest BCUT2D eigenvalue weighted by molar-refractivity contribution is 7.20. The van der Waals surface area contributed by atoms with E-state index in [2.05, 4.69) is 21.4 Å². The summed E-state index contributed by atoms with van der Waals surface area (Å²) in [6, 6.07) is 7.02. The smallest absolute Gasteiger partial charge is 0.129 e. The maximum Gasteiger partial charge on any atom is 0.129 e. The van der Waals surface area contributed by atoms with E-state index >= 15 is 0 Å². The summed E-state index contributed by atoms with van der Waals surface area (Å²) in [4.78, 5) is 8.59. The Morgan fingerprint density at radius 3 is 3.00 bits per heavy atom. The normalized spacial score (nSPS) is 10.6. The standard InChI is InChI=1S/C16H13FN4S/c1-10-6-11(17)7-13-12(14(8-18)22-16(10)13)2-5-20-15-3-4-19-9-21-15/h3-4,6-7,9H,2,5H2,1H3,(H,19,20,21). The number of nitriles is 1. The second-order valence-corrected chi connectivity index (χ2v) is 5.91. The molecule has 0 aliphatic rings. The van der Waals surface area contributed by atoms with Crippen LogP contribution < -0.4 is 5.32 Å². The Balaban J connectivity index is 1.88. The summed E-state index contributed by atoms with van der Waals surface area (Å²) in [5.74, 6) is 0.465. The average molecular weight is 312 g/mol. The molecule has 0 spiro atoms. The van der Waals surface area contributed by atoms with Gasteiger partial charge in [-0.3, -0.25) is 0 Å². The number of hydrogen-bond acceptors (Lipinski definition) is 5. The summed E-state index contributed by atoms with van der Waals surface area (Å²) in [7, 11) is 0. The molecule has 0 aliphatic carbocycles. The van der Waals surface area contributed by atoms with E-state index in [1.807, 2.05) is 6.92 Å². The molecule has 0 unspecified atom stereocenters. The van der Waals surface area contributed by atoms with Gasteiger partial charge >= 0.3 is 0 Å². The summed E-state index contributed by atoms with van der Waals surface area (Å²) in [5.41, 5.74) is 1.76. The molecule has 0 amide bonds. The van der Waals surface area contributed by atoms with Crippen LogP contribution in [0.4, 0.5) is 10.2 Å². The van der Waals surface area contributed by atoms with Gasteiger partial charge < -0.3 is 5.32 Å². The Kier molecular flexibility index (Phi) is 3.98. The molecule has 0 radical (unpaired) electrons. The van der Waals surface area contributed by atoms with Crippen LogP contribution in [0.5, 0.6) is 0 Å². The van der Waals surface area contributed by atoms with Crippen molar-refractivity contribution in [3.05, 3.63) is 52.5 Å². The van der Waals surface area contributed by atoms with Crippen LogP contribution in [0.1, 0.15) is 16.0 Å². The predicted molar refractivity (Wildman–Crippen MR) is 85.5 cm³/mol. The third-order valence-corrected chi connectivity index (χ3v) is 4.70. The van der Waals surface area contributed by atoms with Crippen LogP contribution >= 0.6 is 11.3 Å². The first-order chi connectivity index (χ1) is 10.7. The number of rotatable bonds is 4. The van der Waals surface area contributed by atoms with Crippen molar-refractivity contribution in [2.45, 2.75) is 13.3 Å². The largest absolute Gasteiger partial charge is 0.370 e. The second-order valence-electron chi connectivity index (χ2n) is 4.89. The molecule has 1 N–H and O–H groups in total. The first kappa shape index (κ1) is 14.4. The van der Waals surface area contributed by atoms with Gasteiger partial charge in [0, 0.05) is 22.8 Å². The highest BCUT2D eigenvalue weighted by atomic mass is 32.1. The molecule has 22 heavy (non-hydrogen) atoms. The number of thiophene rings is 1. The molecule has 0 atom stereocenters. The maximum atomic E-state index is 13.7. The fourth-order valence-corrected chi connectivity index (χ4v) is 3.52. The highest BCUT2D eigenvalue weighted by Crippen LogP contribution is 2.34. The molecule has 0 aliphatic heterocycles. The Hall–Kier alpha value is -2.52. The fourth-order valence-electron chi connectivity index (χ4n) is 2.42. The molecule has 6 heteroatoms. The lowest BCUT2D eigenvalue weighted by atomic mass is 10.1. The van der Waals surface area contributed by atoms with E-state index in [-0.39, 0.29) is 5.82 Å². The van der Waals surface area contributed by atoms with Crippen molar-refractivity contribution in [3.8, 4) is 6.07 Å². The van der Waals surface area contributed by atoms with Crippen LogP contribution in [0.3, 0.4) is 0 Å². The molecule has 3 aromatic rings. The minimum Gasteiger partial charge on any atom is -0.370 e. The van der Waals surface area contributed by atoms with Gasteiger partial charge in [-0.15, -0.1) is 11.3 Å². The van der Waals surface area contributed by atoms with Crippen LogP contribution in [0.25, 0.3) is 10.1 Å². The number of fused-ring (bicyclic) bond motifs is 1. The number of benzene rings is 1. The summed E-state index contributed by atoms with van der Waals surface area (Å²) >= 11 is 1.42. The quantitative estimate of drug-likeness (QED) is 0.798. The van der Waals surface area contributed by atoms with E-state index in [1.165, 1.54) is 29.8 Å². The van der Waals surface area contributed by atoms with Crippen LogP contribution in [-0.2, 0) is 6.42 Å². The average Bonchev–Trinajstić information content (AvgIpc) is 2.87. The minimum atomic E-state index is -0.266. The van der Waals surface area contributed by atoms with Crippen molar-refractivity contribution >= 4 is 27.2 Å². The third-order valence-electron chi connectivity index (χ3n) is 3.41. The lowest BCUT2D eigenvalue weighted by molar-refractivity contribution is 0.628. The zero-order valence-corrected chi connectivity index (χ0v) is 12.7.